The molecule has 2 rings (SSSR count). The number of nitrogens with one attached hydrogen (secondary N) is 2. The molecule has 0 aromatic heterocycles. The molecule has 23 heavy (non-hydrogen) atoms. The smallest absolute Gasteiger partial charge is 0.221 e. The van der Waals surface area contributed by atoms with Gasteiger partial charge in [-0.05, 0) is 18.2 Å². The number of para-hydroxylation sites is 1. The third-order valence-corrected chi connectivity index (χ3v) is 3.04. The Morgan fingerprint density at radius 3 is 2.35 bits per heavy atom. The van der Waals surface area contributed by atoms with Crippen LogP contribution in [0.4, 0.5) is 11.4 Å². The van der Waals surface area contributed by atoms with Crippen molar-refractivity contribution in [2.24, 2.45) is 5.10 Å². The Morgan fingerprint density at radius 2 is 1.74 bits per heavy atom. The van der Waals surface area contributed by atoms with Crippen LogP contribution in [0.25, 0.3) is 0 Å². The van der Waals surface area contributed by atoms with E-state index in [2.05, 4.69) is 15.8 Å². The summed E-state index contributed by atoms with van der Waals surface area (Å²) in [7, 11) is 3.10. The molecule has 0 saturated heterocycles. The highest BCUT2D eigenvalue weighted by Gasteiger charge is 2.11. The first-order valence-electron chi connectivity index (χ1n) is 7.01. The largest absolute Gasteiger partial charge is 0.493 e. The highest BCUT2D eigenvalue weighted by Crippen LogP contribution is 2.32. The standard InChI is InChI=1S/C17H19N3O3/c1-12(21)19-15-10-17(23-3)16(22-2)9-13(15)11-18-20-14-7-5-4-6-8-14/h4-11,20H,1-3H3,(H,19,21). The van der Waals surface area contributed by atoms with Crippen molar-refractivity contribution in [3.63, 3.8) is 0 Å². The summed E-state index contributed by atoms with van der Waals surface area (Å²) < 4.78 is 10.5. The minimum Gasteiger partial charge on any atom is -0.493 e. The van der Waals surface area contributed by atoms with Gasteiger partial charge >= 0.3 is 0 Å². The zero-order valence-corrected chi connectivity index (χ0v) is 13.3. The van der Waals surface area contributed by atoms with Crippen LogP contribution in [0.3, 0.4) is 0 Å². The third kappa shape index (κ3) is 4.47. The van der Waals surface area contributed by atoms with E-state index in [0.29, 0.717) is 22.7 Å². The number of anilines is 2. The number of hydrogen-bond acceptors (Lipinski definition) is 5. The van der Waals surface area contributed by atoms with Crippen LogP contribution in [0.1, 0.15) is 12.5 Å². The van der Waals surface area contributed by atoms with Crippen molar-refractivity contribution in [1.29, 1.82) is 0 Å². The fraction of sp³-hybridized carbons (Fsp3) is 0.176. The van der Waals surface area contributed by atoms with E-state index in [9.17, 15) is 4.79 Å². The van der Waals surface area contributed by atoms with Crippen LogP contribution in [0, 0.1) is 0 Å². The lowest BCUT2D eigenvalue weighted by Gasteiger charge is -2.13. The molecule has 0 unspecified atom stereocenters. The van der Waals surface area contributed by atoms with E-state index in [1.165, 1.54) is 6.92 Å². The summed E-state index contributed by atoms with van der Waals surface area (Å²) in [6.07, 6.45) is 1.61. The van der Waals surface area contributed by atoms with Crippen LogP contribution in [-0.2, 0) is 4.79 Å². The number of hydrogen-bond donors (Lipinski definition) is 2. The van der Waals surface area contributed by atoms with Crippen LogP contribution in [0.5, 0.6) is 11.5 Å². The number of rotatable bonds is 6. The molecule has 0 aliphatic carbocycles. The highest BCUT2D eigenvalue weighted by atomic mass is 16.5. The average Bonchev–Trinajstić information content (AvgIpc) is 2.56. The molecule has 1 amide bonds. The van der Waals surface area contributed by atoms with Crippen LogP contribution in [0.2, 0.25) is 0 Å². The van der Waals surface area contributed by atoms with Crippen LogP contribution in [0.15, 0.2) is 47.6 Å². The van der Waals surface area contributed by atoms with Crippen LogP contribution < -0.4 is 20.2 Å². The fourth-order valence-corrected chi connectivity index (χ4v) is 1.99. The Kier molecular flexibility index (Phi) is 5.57. The first-order valence-corrected chi connectivity index (χ1v) is 7.01. The summed E-state index contributed by atoms with van der Waals surface area (Å²) in [5.41, 5.74) is 5.08. The Hall–Kier alpha value is -3.02. The van der Waals surface area contributed by atoms with Crippen molar-refractivity contribution >= 4 is 23.5 Å². The van der Waals surface area contributed by atoms with Gasteiger partial charge in [0.15, 0.2) is 11.5 Å². The number of ether oxygens (including phenoxy) is 2. The van der Waals surface area contributed by atoms with Gasteiger partial charge in [0.25, 0.3) is 0 Å². The topological polar surface area (TPSA) is 72.0 Å². The summed E-state index contributed by atoms with van der Waals surface area (Å²) in [5, 5.41) is 6.94. The van der Waals surface area contributed by atoms with Gasteiger partial charge in [-0.1, -0.05) is 18.2 Å². The van der Waals surface area contributed by atoms with Crippen molar-refractivity contribution in [2.45, 2.75) is 6.92 Å². The predicted octanol–water partition coefficient (Wildman–Crippen LogP) is 3.11. The van der Waals surface area contributed by atoms with E-state index < -0.39 is 0 Å². The molecule has 0 saturated carbocycles. The second-order valence-corrected chi connectivity index (χ2v) is 4.71. The van der Waals surface area contributed by atoms with E-state index in [-0.39, 0.29) is 5.91 Å². The zero-order chi connectivity index (χ0) is 16.7. The first kappa shape index (κ1) is 16.4. The van der Waals surface area contributed by atoms with Crippen molar-refractivity contribution < 1.29 is 14.3 Å². The Balaban J connectivity index is 2.28. The van der Waals surface area contributed by atoms with Gasteiger partial charge in [-0.25, -0.2) is 0 Å². The van der Waals surface area contributed by atoms with E-state index in [4.69, 9.17) is 9.47 Å². The molecule has 120 valence electrons. The monoisotopic (exact) mass is 313 g/mol. The lowest BCUT2D eigenvalue weighted by molar-refractivity contribution is -0.114. The van der Waals surface area contributed by atoms with Gasteiger partial charge < -0.3 is 14.8 Å². The molecular formula is C17H19N3O3. The minimum atomic E-state index is -0.178. The van der Waals surface area contributed by atoms with E-state index in [1.807, 2.05) is 30.3 Å². The quantitative estimate of drug-likeness (QED) is 0.635. The molecule has 0 aliphatic rings. The Labute approximate surface area is 135 Å². The summed E-state index contributed by atoms with van der Waals surface area (Å²) >= 11 is 0. The molecule has 0 atom stereocenters. The average molecular weight is 313 g/mol. The number of methoxy groups -OCH3 is 2. The number of nitrogens with zero attached hydrogens (tertiary/aromatic N) is 1. The molecule has 2 aromatic carbocycles. The van der Waals surface area contributed by atoms with Gasteiger partial charge in [0.1, 0.15) is 0 Å². The van der Waals surface area contributed by atoms with Crippen molar-refractivity contribution in [2.75, 3.05) is 25.0 Å². The molecular weight excluding hydrogens is 294 g/mol. The maximum absolute atomic E-state index is 11.4. The minimum absolute atomic E-state index is 0.178. The van der Waals surface area contributed by atoms with Crippen LogP contribution >= 0.6 is 0 Å². The third-order valence-electron chi connectivity index (χ3n) is 3.04. The zero-order valence-electron chi connectivity index (χ0n) is 13.3. The summed E-state index contributed by atoms with van der Waals surface area (Å²) in [5.74, 6) is 0.912. The lowest BCUT2D eigenvalue weighted by atomic mass is 10.1. The van der Waals surface area contributed by atoms with Gasteiger partial charge in [-0.3, -0.25) is 10.2 Å². The van der Waals surface area contributed by atoms with Crippen molar-refractivity contribution in [3.05, 3.63) is 48.0 Å². The lowest BCUT2D eigenvalue weighted by Crippen LogP contribution is -2.09. The van der Waals surface area contributed by atoms with E-state index in [0.717, 1.165) is 5.69 Å². The maximum atomic E-state index is 11.4. The van der Waals surface area contributed by atoms with Crippen molar-refractivity contribution in [3.8, 4) is 11.5 Å². The molecule has 0 spiro atoms. The van der Waals surface area contributed by atoms with E-state index >= 15 is 0 Å². The summed E-state index contributed by atoms with van der Waals surface area (Å²) in [4.78, 5) is 11.4. The molecule has 2 N–H and O–H groups in total. The van der Waals surface area contributed by atoms with Gasteiger partial charge in [-0.15, -0.1) is 0 Å². The molecule has 0 radical (unpaired) electrons. The number of benzene rings is 2. The summed E-state index contributed by atoms with van der Waals surface area (Å²) in [6.45, 7) is 1.44. The number of amides is 1. The van der Waals surface area contributed by atoms with Gasteiger partial charge in [0.05, 0.1) is 31.8 Å². The highest BCUT2D eigenvalue weighted by molar-refractivity contribution is 5.97. The first-order chi connectivity index (χ1) is 11.1. The second kappa shape index (κ2) is 7.84. The maximum Gasteiger partial charge on any atom is 0.221 e. The van der Waals surface area contributed by atoms with Gasteiger partial charge in [0, 0.05) is 18.6 Å². The van der Waals surface area contributed by atoms with Crippen molar-refractivity contribution in [1.82, 2.24) is 0 Å². The number of hydrazone groups is 1. The molecule has 6 nitrogen and oxygen atoms in total. The van der Waals surface area contributed by atoms with Gasteiger partial charge in [-0.2, -0.15) is 5.10 Å². The second-order valence-electron chi connectivity index (χ2n) is 4.71. The molecule has 0 heterocycles. The Bertz CT molecular complexity index is 700. The normalized spacial score (nSPS) is 10.4. The molecule has 0 fully saturated rings. The number of carbonyl (C=O) groups is 1. The van der Waals surface area contributed by atoms with Gasteiger partial charge in [0.2, 0.25) is 5.91 Å². The molecule has 0 bridgehead atoms. The summed E-state index contributed by atoms with van der Waals surface area (Å²) in [6, 6.07) is 13.0. The van der Waals surface area contributed by atoms with E-state index in [1.54, 1.807) is 32.6 Å². The molecule has 0 aliphatic heterocycles. The predicted molar refractivity (Wildman–Crippen MR) is 91.5 cm³/mol. The number of carbonyl (C=O) groups excluding carboxylic acids is 1. The SMILES string of the molecule is COc1cc(C=NNc2ccccc2)c(NC(C)=O)cc1OC. The van der Waals surface area contributed by atoms with Crippen LogP contribution in [-0.4, -0.2) is 26.3 Å². The molecule has 2 aromatic rings. The fourth-order valence-electron chi connectivity index (χ4n) is 1.99. The molecule has 6 heteroatoms. The Morgan fingerprint density at radius 1 is 1.09 bits per heavy atom.